The van der Waals surface area contributed by atoms with E-state index in [2.05, 4.69) is 0 Å². The van der Waals surface area contributed by atoms with Crippen LogP contribution in [0, 0.1) is 11.3 Å². The molecule has 1 unspecified atom stereocenters. The Hall–Kier alpha value is -1.73. The molecule has 15 heavy (non-hydrogen) atoms. The first kappa shape index (κ1) is 9.81. The summed E-state index contributed by atoms with van der Waals surface area (Å²) in [5.74, 6) is -0.489. The largest absolute Gasteiger partial charge is 0.420 e. The molecule has 0 saturated heterocycles. The smallest absolute Gasteiger partial charge is 0.408 e. The molecule has 1 atom stereocenters. The summed E-state index contributed by atoms with van der Waals surface area (Å²) in [4.78, 5) is 11.4. The second-order valence-corrected chi connectivity index (χ2v) is 3.57. The highest BCUT2D eigenvalue weighted by Crippen LogP contribution is 2.12. The van der Waals surface area contributed by atoms with E-state index in [0.717, 1.165) is 0 Å². The Morgan fingerprint density at radius 1 is 1.53 bits per heavy atom. The number of alkyl halides is 1. The molecule has 0 fully saturated rings. The van der Waals surface area contributed by atoms with E-state index in [0.29, 0.717) is 11.1 Å². The van der Waals surface area contributed by atoms with Gasteiger partial charge in [0, 0.05) is 0 Å². The van der Waals surface area contributed by atoms with Crippen LogP contribution >= 0.6 is 11.6 Å². The lowest BCUT2D eigenvalue weighted by Gasteiger charge is -2.00. The summed E-state index contributed by atoms with van der Waals surface area (Å²) in [6, 6.07) is 8.88. The molecule has 0 radical (unpaired) electrons. The lowest BCUT2D eigenvalue weighted by atomic mass is 10.3. The second-order valence-electron chi connectivity index (χ2n) is 3.04. The Bertz CT molecular complexity index is 579. The third-order valence-electron chi connectivity index (χ3n) is 2.06. The van der Waals surface area contributed by atoms with Crippen LogP contribution < -0.4 is 5.76 Å². The normalized spacial score (nSPS) is 12.5. The number of fused-ring (bicyclic) bond motifs is 1. The fourth-order valence-corrected chi connectivity index (χ4v) is 1.53. The average molecular weight is 223 g/mol. The molecule has 0 aliphatic carbocycles. The van der Waals surface area contributed by atoms with Crippen molar-refractivity contribution in [2.24, 2.45) is 0 Å². The van der Waals surface area contributed by atoms with Crippen molar-refractivity contribution < 1.29 is 4.42 Å². The molecule has 0 aliphatic heterocycles. The van der Waals surface area contributed by atoms with Gasteiger partial charge in [-0.15, -0.1) is 11.6 Å². The van der Waals surface area contributed by atoms with E-state index in [1.807, 2.05) is 6.07 Å². The topological polar surface area (TPSA) is 58.9 Å². The first-order valence-electron chi connectivity index (χ1n) is 4.34. The Morgan fingerprint density at radius 3 is 3.00 bits per heavy atom. The maximum absolute atomic E-state index is 11.4. The van der Waals surface area contributed by atoms with Crippen molar-refractivity contribution in [2.75, 3.05) is 0 Å². The average Bonchev–Trinajstić information content (AvgIpc) is 2.55. The minimum absolute atomic E-state index is 0.133. The molecule has 0 saturated carbocycles. The number of hydrogen-bond acceptors (Lipinski definition) is 3. The first-order valence-corrected chi connectivity index (χ1v) is 4.78. The second kappa shape index (κ2) is 3.79. The zero-order chi connectivity index (χ0) is 10.8. The Morgan fingerprint density at radius 2 is 2.27 bits per heavy atom. The van der Waals surface area contributed by atoms with Crippen LogP contribution in [-0.2, 0) is 6.54 Å². The monoisotopic (exact) mass is 222 g/mol. The summed E-state index contributed by atoms with van der Waals surface area (Å²) >= 11 is 5.67. The molecule has 0 spiro atoms. The number of halogens is 1. The van der Waals surface area contributed by atoms with E-state index >= 15 is 0 Å². The predicted octanol–water partition coefficient (Wildman–Crippen LogP) is 1.73. The van der Waals surface area contributed by atoms with E-state index in [4.69, 9.17) is 21.3 Å². The molecule has 0 N–H and O–H groups in total. The molecule has 0 amide bonds. The number of para-hydroxylation sites is 2. The minimum Gasteiger partial charge on any atom is -0.408 e. The molecule has 1 heterocycles. The Kier molecular flexibility index (Phi) is 2.48. The Labute approximate surface area is 90.3 Å². The molecule has 5 heteroatoms. The van der Waals surface area contributed by atoms with Crippen molar-refractivity contribution >= 4 is 22.7 Å². The third-order valence-corrected chi connectivity index (χ3v) is 2.29. The zero-order valence-electron chi connectivity index (χ0n) is 7.68. The van der Waals surface area contributed by atoms with E-state index in [-0.39, 0.29) is 6.54 Å². The van der Waals surface area contributed by atoms with Crippen molar-refractivity contribution in [3.8, 4) is 6.07 Å². The van der Waals surface area contributed by atoms with Crippen LogP contribution in [0.15, 0.2) is 33.5 Å². The maximum Gasteiger partial charge on any atom is 0.420 e. The van der Waals surface area contributed by atoms with Crippen molar-refractivity contribution in [2.45, 2.75) is 11.9 Å². The molecular weight excluding hydrogens is 216 g/mol. The third kappa shape index (κ3) is 1.74. The molecule has 0 aliphatic rings. The molecule has 1 aromatic heterocycles. The molecule has 4 nitrogen and oxygen atoms in total. The molecular formula is C10H7ClN2O2. The summed E-state index contributed by atoms with van der Waals surface area (Å²) < 4.78 is 6.34. The Balaban J connectivity index is 2.55. The molecule has 76 valence electrons. The van der Waals surface area contributed by atoms with Gasteiger partial charge in [-0.3, -0.25) is 4.57 Å². The highest BCUT2D eigenvalue weighted by Gasteiger charge is 2.11. The lowest BCUT2D eigenvalue weighted by molar-refractivity contribution is 0.508. The van der Waals surface area contributed by atoms with Crippen LogP contribution in [0.2, 0.25) is 0 Å². The standard InChI is InChI=1S/C10H7ClN2O2/c11-7(5-12)6-13-8-3-1-2-4-9(8)15-10(13)14/h1-4,7H,6H2. The summed E-state index contributed by atoms with van der Waals surface area (Å²) in [6.07, 6.45) is 0. The first-order chi connectivity index (χ1) is 7.22. The van der Waals surface area contributed by atoms with Gasteiger partial charge in [-0.2, -0.15) is 5.26 Å². The number of benzene rings is 1. The van der Waals surface area contributed by atoms with Gasteiger partial charge in [0.1, 0.15) is 5.38 Å². The van der Waals surface area contributed by atoms with E-state index < -0.39 is 11.1 Å². The maximum atomic E-state index is 11.4. The SMILES string of the molecule is N#CC(Cl)Cn1c(=O)oc2ccccc21. The van der Waals surface area contributed by atoms with Gasteiger partial charge in [-0.05, 0) is 12.1 Å². The van der Waals surface area contributed by atoms with Gasteiger partial charge < -0.3 is 4.42 Å². The fourth-order valence-electron chi connectivity index (χ4n) is 1.39. The van der Waals surface area contributed by atoms with E-state index in [1.54, 1.807) is 24.3 Å². The van der Waals surface area contributed by atoms with Crippen molar-refractivity contribution in [1.29, 1.82) is 5.26 Å². The fraction of sp³-hybridized carbons (Fsp3) is 0.200. The minimum atomic E-state index is -0.733. The van der Waals surface area contributed by atoms with Crippen molar-refractivity contribution in [3.63, 3.8) is 0 Å². The van der Waals surface area contributed by atoms with Gasteiger partial charge in [-0.25, -0.2) is 4.79 Å². The van der Waals surface area contributed by atoms with Crippen LogP contribution in [0.4, 0.5) is 0 Å². The summed E-state index contributed by atoms with van der Waals surface area (Å²) in [6.45, 7) is 0.133. The summed E-state index contributed by atoms with van der Waals surface area (Å²) in [7, 11) is 0. The van der Waals surface area contributed by atoms with E-state index in [1.165, 1.54) is 4.57 Å². The van der Waals surface area contributed by atoms with Gasteiger partial charge in [0.25, 0.3) is 0 Å². The van der Waals surface area contributed by atoms with E-state index in [9.17, 15) is 4.79 Å². The van der Waals surface area contributed by atoms with Crippen molar-refractivity contribution in [1.82, 2.24) is 4.57 Å². The van der Waals surface area contributed by atoms with Crippen LogP contribution in [0.3, 0.4) is 0 Å². The van der Waals surface area contributed by atoms with Gasteiger partial charge in [0.05, 0.1) is 18.1 Å². The van der Waals surface area contributed by atoms with Crippen molar-refractivity contribution in [3.05, 3.63) is 34.8 Å². The lowest BCUT2D eigenvalue weighted by Crippen LogP contribution is -2.19. The number of oxazole rings is 1. The van der Waals surface area contributed by atoms with Crippen LogP contribution in [0.25, 0.3) is 11.1 Å². The highest BCUT2D eigenvalue weighted by atomic mass is 35.5. The molecule has 0 bridgehead atoms. The highest BCUT2D eigenvalue weighted by molar-refractivity contribution is 6.22. The molecule has 2 aromatic rings. The summed E-state index contributed by atoms with van der Waals surface area (Å²) in [5, 5.41) is 7.84. The number of nitriles is 1. The van der Waals surface area contributed by atoms with Gasteiger partial charge in [0.15, 0.2) is 5.58 Å². The summed E-state index contributed by atoms with van der Waals surface area (Å²) in [5.41, 5.74) is 1.16. The van der Waals surface area contributed by atoms with Gasteiger partial charge in [0.2, 0.25) is 0 Å². The molecule has 1 aromatic carbocycles. The predicted molar refractivity (Wildman–Crippen MR) is 55.7 cm³/mol. The zero-order valence-corrected chi connectivity index (χ0v) is 8.44. The number of nitrogens with zero attached hydrogens (tertiary/aromatic N) is 2. The van der Waals surface area contributed by atoms with Gasteiger partial charge >= 0.3 is 5.76 Å². The van der Waals surface area contributed by atoms with Crippen LogP contribution in [0.1, 0.15) is 0 Å². The number of aromatic nitrogens is 1. The van der Waals surface area contributed by atoms with Crippen LogP contribution in [0.5, 0.6) is 0 Å². The van der Waals surface area contributed by atoms with Crippen LogP contribution in [-0.4, -0.2) is 9.94 Å². The number of hydrogen-bond donors (Lipinski definition) is 0. The van der Waals surface area contributed by atoms with Gasteiger partial charge in [-0.1, -0.05) is 12.1 Å². The number of rotatable bonds is 2. The molecule has 2 rings (SSSR count). The quantitative estimate of drug-likeness (QED) is 0.727.